The number of ether oxygens (including phenoxy) is 2. The van der Waals surface area contributed by atoms with Crippen LogP contribution in [-0.4, -0.2) is 37.6 Å². The Bertz CT molecular complexity index is 355. The summed E-state index contributed by atoms with van der Waals surface area (Å²) < 4.78 is 10.7. The summed E-state index contributed by atoms with van der Waals surface area (Å²) >= 11 is 0. The van der Waals surface area contributed by atoms with Crippen LogP contribution in [0.15, 0.2) is 18.2 Å². The Morgan fingerprint density at radius 1 is 1.35 bits per heavy atom. The van der Waals surface area contributed by atoms with Gasteiger partial charge in [-0.15, -0.1) is 0 Å². The summed E-state index contributed by atoms with van der Waals surface area (Å²) in [7, 11) is 1.58. The first-order chi connectivity index (χ1) is 8.10. The maximum Gasteiger partial charge on any atom is 0.139 e. The third-order valence-corrected chi connectivity index (χ3v) is 2.85. The van der Waals surface area contributed by atoms with E-state index in [0.717, 1.165) is 16.9 Å². The van der Waals surface area contributed by atoms with Gasteiger partial charge < -0.3 is 20.3 Å². The first kappa shape index (κ1) is 14.0. The van der Waals surface area contributed by atoms with E-state index >= 15 is 0 Å². The van der Waals surface area contributed by atoms with Crippen LogP contribution in [0.1, 0.15) is 11.1 Å². The number of aliphatic hydroxyl groups excluding tert-OH is 1. The number of nitrogens with two attached hydrogens (primary N) is 1. The van der Waals surface area contributed by atoms with E-state index in [1.54, 1.807) is 7.11 Å². The number of aryl methyl sites for hydroxylation is 1. The van der Waals surface area contributed by atoms with E-state index in [9.17, 15) is 5.11 Å². The number of methoxy groups -OCH3 is 1. The molecule has 17 heavy (non-hydrogen) atoms. The molecule has 1 rings (SSSR count). The molecule has 0 radical (unpaired) electrons. The van der Waals surface area contributed by atoms with Crippen LogP contribution >= 0.6 is 0 Å². The molecule has 0 fully saturated rings. The van der Waals surface area contributed by atoms with Gasteiger partial charge in [-0.2, -0.15) is 0 Å². The summed E-state index contributed by atoms with van der Waals surface area (Å²) in [5, 5.41) is 9.28. The molecule has 2 atom stereocenters. The number of aliphatic hydroxyl groups is 1. The van der Waals surface area contributed by atoms with Crippen LogP contribution < -0.4 is 10.5 Å². The second-order valence-electron chi connectivity index (χ2n) is 4.16. The fraction of sp³-hybridized carbons (Fsp3) is 0.538. The van der Waals surface area contributed by atoms with Crippen molar-refractivity contribution in [2.24, 2.45) is 5.73 Å². The summed E-state index contributed by atoms with van der Waals surface area (Å²) in [5.41, 5.74) is 8.08. The molecule has 4 heteroatoms. The molecule has 0 spiro atoms. The molecule has 0 amide bonds. The summed E-state index contributed by atoms with van der Waals surface area (Å²) in [4.78, 5) is 0. The molecule has 0 saturated heterocycles. The van der Waals surface area contributed by atoms with Crippen molar-refractivity contribution in [3.63, 3.8) is 0 Å². The number of benzene rings is 1. The molecular formula is C13H21NO3. The minimum atomic E-state index is -0.449. The molecule has 0 bridgehead atoms. The Labute approximate surface area is 102 Å². The third kappa shape index (κ3) is 3.70. The Balaban J connectivity index is 2.77. The van der Waals surface area contributed by atoms with Crippen molar-refractivity contribution in [2.75, 3.05) is 20.3 Å². The Morgan fingerprint density at radius 2 is 2.06 bits per heavy atom. The van der Waals surface area contributed by atoms with Gasteiger partial charge in [-0.25, -0.2) is 0 Å². The minimum Gasteiger partial charge on any atom is -0.486 e. The summed E-state index contributed by atoms with van der Waals surface area (Å²) in [5.74, 6) is 0.760. The lowest BCUT2D eigenvalue weighted by Crippen LogP contribution is -2.44. The van der Waals surface area contributed by atoms with Gasteiger partial charge in [0.15, 0.2) is 0 Å². The van der Waals surface area contributed by atoms with Crippen molar-refractivity contribution < 1.29 is 14.6 Å². The molecule has 3 N–H and O–H groups in total. The van der Waals surface area contributed by atoms with Gasteiger partial charge in [0, 0.05) is 7.11 Å². The Hall–Kier alpha value is -1.10. The summed E-state index contributed by atoms with van der Waals surface area (Å²) in [6.45, 7) is 4.24. The van der Waals surface area contributed by atoms with Gasteiger partial charge in [0.1, 0.15) is 11.9 Å². The smallest absolute Gasteiger partial charge is 0.139 e. The van der Waals surface area contributed by atoms with Crippen LogP contribution in [0, 0.1) is 13.8 Å². The van der Waals surface area contributed by atoms with Gasteiger partial charge in [0.25, 0.3) is 0 Å². The van der Waals surface area contributed by atoms with E-state index in [-0.39, 0.29) is 12.6 Å². The van der Waals surface area contributed by atoms with Gasteiger partial charge in [0.2, 0.25) is 0 Å². The zero-order valence-electron chi connectivity index (χ0n) is 10.6. The molecule has 1 aromatic carbocycles. The summed E-state index contributed by atoms with van der Waals surface area (Å²) in [6.07, 6.45) is -0.449. The van der Waals surface area contributed by atoms with E-state index in [2.05, 4.69) is 0 Å². The molecule has 2 unspecified atom stereocenters. The highest BCUT2D eigenvalue weighted by Crippen LogP contribution is 2.22. The predicted octanol–water partition coefficient (Wildman–Crippen LogP) is 1.02. The monoisotopic (exact) mass is 239 g/mol. The highest BCUT2D eigenvalue weighted by molar-refractivity contribution is 5.38. The lowest BCUT2D eigenvalue weighted by Gasteiger charge is -2.24. The summed E-state index contributed by atoms with van der Waals surface area (Å²) in [6, 6.07) is 5.48. The van der Waals surface area contributed by atoms with Crippen molar-refractivity contribution in [3.05, 3.63) is 29.3 Å². The SMILES string of the molecule is COCC(N)C(CO)Oc1cccc(C)c1C. The average Bonchev–Trinajstić information content (AvgIpc) is 2.31. The topological polar surface area (TPSA) is 64.7 Å². The Kier molecular flexibility index (Phi) is 5.41. The van der Waals surface area contributed by atoms with E-state index in [1.165, 1.54) is 0 Å². The van der Waals surface area contributed by atoms with Gasteiger partial charge in [-0.05, 0) is 31.0 Å². The Morgan fingerprint density at radius 3 is 2.65 bits per heavy atom. The molecule has 0 heterocycles. The molecule has 0 saturated carbocycles. The fourth-order valence-corrected chi connectivity index (χ4v) is 1.57. The van der Waals surface area contributed by atoms with Gasteiger partial charge in [-0.3, -0.25) is 0 Å². The standard InChI is InChI=1S/C13H21NO3/c1-9-5-4-6-12(10(9)2)17-13(7-15)11(14)8-16-3/h4-6,11,13,15H,7-8,14H2,1-3H3. The number of hydrogen-bond donors (Lipinski definition) is 2. The second kappa shape index (κ2) is 6.59. The molecule has 0 aromatic heterocycles. The largest absolute Gasteiger partial charge is 0.486 e. The van der Waals surface area contributed by atoms with E-state index < -0.39 is 6.10 Å². The maximum absolute atomic E-state index is 9.28. The van der Waals surface area contributed by atoms with Gasteiger partial charge in [0.05, 0.1) is 19.3 Å². The highest BCUT2D eigenvalue weighted by Gasteiger charge is 2.19. The fourth-order valence-electron chi connectivity index (χ4n) is 1.57. The van der Waals surface area contributed by atoms with Crippen LogP contribution in [0.5, 0.6) is 5.75 Å². The van der Waals surface area contributed by atoms with Crippen LogP contribution in [0.3, 0.4) is 0 Å². The maximum atomic E-state index is 9.28. The van der Waals surface area contributed by atoms with Gasteiger partial charge >= 0.3 is 0 Å². The second-order valence-corrected chi connectivity index (χ2v) is 4.16. The zero-order valence-corrected chi connectivity index (χ0v) is 10.6. The first-order valence-corrected chi connectivity index (χ1v) is 5.68. The van der Waals surface area contributed by atoms with Crippen LogP contribution in [-0.2, 0) is 4.74 Å². The van der Waals surface area contributed by atoms with E-state index in [4.69, 9.17) is 15.2 Å². The number of rotatable bonds is 6. The quantitative estimate of drug-likeness (QED) is 0.778. The zero-order chi connectivity index (χ0) is 12.8. The van der Waals surface area contributed by atoms with Crippen molar-refractivity contribution >= 4 is 0 Å². The molecule has 0 aliphatic heterocycles. The molecule has 96 valence electrons. The lowest BCUT2D eigenvalue weighted by molar-refractivity contribution is 0.0600. The average molecular weight is 239 g/mol. The first-order valence-electron chi connectivity index (χ1n) is 5.68. The van der Waals surface area contributed by atoms with Gasteiger partial charge in [-0.1, -0.05) is 12.1 Å². The van der Waals surface area contributed by atoms with Crippen LogP contribution in [0.25, 0.3) is 0 Å². The molecule has 4 nitrogen and oxygen atoms in total. The normalized spacial score (nSPS) is 14.4. The van der Waals surface area contributed by atoms with E-state index in [1.807, 2.05) is 32.0 Å². The van der Waals surface area contributed by atoms with Crippen molar-refractivity contribution in [1.29, 1.82) is 0 Å². The molecular weight excluding hydrogens is 218 g/mol. The van der Waals surface area contributed by atoms with Crippen LogP contribution in [0.4, 0.5) is 0 Å². The molecule has 1 aromatic rings. The highest BCUT2D eigenvalue weighted by atomic mass is 16.5. The van der Waals surface area contributed by atoms with Crippen molar-refractivity contribution in [1.82, 2.24) is 0 Å². The van der Waals surface area contributed by atoms with E-state index in [0.29, 0.717) is 6.61 Å². The van der Waals surface area contributed by atoms with Crippen molar-refractivity contribution in [3.8, 4) is 5.75 Å². The molecule has 0 aliphatic rings. The van der Waals surface area contributed by atoms with Crippen LogP contribution in [0.2, 0.25) is 0 Å². The number of hydrogen-bond acceptors (Lipinski definition) is 4. The predicted molar refractivity (Wildman–Crippen MR) is 67.3 cm³/mol. The minimum absolute atomic E-state index is 0.127. The van der Waals surface area contributed by atoms with Crippen molar-refractivity contribution in [2.45, 2.75) is 26.0 Å². The molecule has 0 aliphatic carbocycles. The lowest BCUT2D eigenvalue weighted by atomic mass is 10.1. The third-order valence-electron chi connectivity index (χ3n) is 2.85.